The smallest absolute Gasteiger partial charge is 0.243 e. The lowest BCUT2D eigenvalue weighted by atomic mass is 9.99. The summed E-state index contributed by atoms with van der Waals surface area (Å²) in [6.07, 6.45) is 1.64. The molecule has 2 unspecified atom stereocenters. The van der Waals surface area contributed by atoms with Crippen molar-refractivity contribution in [1.29, 1.82) is 0 Å². The van der Waals surface area contributed by atoms with E-state index in [4.69, 9.17) is 4.84 Å². The first-order chi connectivity index (χ1) is 7.60. The molecule has 1 rings (SSSR count). The van der Waals surface area contributed by atoms with E-state index >= 15 is 0 Å². The average Bonchev–Trinajstić information content (AvgIpc) is 2.57. The molecule has 1 amide bonds. The van der Waals surface area contributed by atoms with Crippen LogP contribution in [0.1, 0.15) is 54.4 Å². The van der Waals surface area contributed by atoms with Crippen LogP contribution in [-0.4, -0.2) is 29.3 Å². The van der Waals surface area contributed by atoms with Crippen LogP contribution in [0.25, 0.3) is 0 Å². The molecule has 4 heteroatoms. The minimum Gasteiger partial charge on any atom is -0.337 e. The predicted octanol–water partition coefficient (Wildman–Crippen LogP) is 2.30. The molecular formula is C12H26N2O2. The van der Waals surface area contributed by atoms with E-state index in [-0.39, 0.29) is 12.1 Å². The maximum atomic E-state index is 11.7. The van der Waals surface area contributed by atoms with Crippen molar-refractivity contribution < 1.29 is 9.63 Å². The standard InChI is InChI=1S/C10H20N2O2.C2H6/c1-5-8-11-9(13)10(4,6-2)12(8)14-7-3;1-2/h8H,5-7H2,1-4H3,(H,11,13);1-2H3. The highest BCUT2D eigenvalue weighted by molar-refractivity contribution is 5.87. The summed E-state index contributed by atoms with van der Waals surface area (Å²) in [5, 5.41) is 4.76. The van der Waals surface area contributed by atoms with Crippen molar-refractivity contribution in [2.75, 3.05) is 6.61 Å². The Morgan fingerprint density at radius 3 is 2.31 bits per heavy atom. The third kappa shape index (κ3) is 2.74. The van der Waals surface area contributed by atoms with Crippen LogP contribution in [0.2, 0.25) is 0 Å². The first-order valence-corrected chi connectivity index (χ1v) is 6.33. The first-order valence-electron chi connectivity index (χ1n) is 6.33. The van der Waals surface area contributed by atoms with Gasteiger partial charge in [-0.3, -0.25) is 9.63 Å². The van der Waals surface area contributed by atoms with Gasteiger partial charge in [-0.25, -0.2) is 0 Å². The van der Waals surface area contributed by atoms with Gasteiger partial charge in [0.15, 0.2) is 0 Å². The van der Waals surface area contributed by atoms with Crippen molar-refractivity contribution >= 4 is 5.91 Å². The largest absolute Gasteiger partial charge is 0.337 e. The minimum absolute atomic E-state index is 0.0207. The molecule has 0 bridgehead atoms. The summed E-state index contributed by atoms with van der Waals surface area (Å²) < 4.78 is 0. The number of hydroxylamine groups is 2. The van der Waals surface area contributed by atoms with Gasteiger partial charge in [-0.2, -0.15) is 5.06 Å². The van der Waals surface area contributed by atoms with Gasteiger partial charge < -0.3 is 5.32 Å². The van der Waals surface area contributed by atoms with Gasteiger partial charge in [0, 0.05) is 0 Å². The monoisotopic (exact) mass is 230 g/mol. The summed E-state index contributed by atoms with van der Waals surface area (Å²) in [5.74, 6) is 0.0697. The molecule has 0 radical (unpaired) electrons. The normalized spacial score (nSPS) is 29.6. The molecule has 0 aromatic carbocycles. The zero-order chi connectivity index (χ0) is 12.8. The van der Waals surface area contributed by atoms with Gasteiger partial charge in [-0.05, 0) is 26.7 Å². The molecule has 16 heavy (non-hydrogen) atoms. The number of carbonyl (C=O) groups excluding carboxylic acids is 1. The molecule has 0 aliphatic carbocycles. The van der Waals surface area contributed by atoms with Gasteiger partial charge in [0.25, 0.3) is 0 Å². The van der Waals surface area contributed by atoms with E-state index < -0.39 is 5.54 Å². The van der Waals surface area contributed by atoms with Gasteiger partial charge in [-0.1, -0.05) is 27.7 Å². The third-order valence-electron chi connectivity index (χ3n) is 2.90. The Balaban J connectivity index is 0.00000106. The second-order valence-corrected chi connectivity index (χ2v) is 3.77. The molecule has 1 heterocycles. The van der Waals surface area contributed by atoms with Crippen LogP contribution in [-0.2, 0) is 9.63 Å². The molecule has 0 spiro atoms. The second kappa shape index (κ2) is 6.86. The second-order valence-electron chi connectivity index (χ2n) is 3.77. The summed E-state index contributed by atoms with van der Waals surface area (Å²) >= 11 is 0. The molecule has 4 nitrogen and oxygen atoms in total. The SMILES string of the molecule is CC.CCON1C(CC)NC(=O)C1(C)CC. The lowest BCUT2D eigenvalue weighted by molar-refractivity contribution is -0.219. The highest BCUT2D eigenvalue weighted by atomic mass is 16.7. The fourth-order valence-electron chi connectivity index (χ4n) is 1.77. The molecule has 1 N–H and O–H groups in total. The fraction of sp³-hybridized carbons (Fsp3) is 0.917. The van der Waals surface area contributed by atoms with Gasteiger partial charge in [-0.15, -0.1) is 0 Å². The average molecular weight is 230 g/mol. The quantitative estimate of drug-likeness (QED) is 0.805. The van der Waals surface area contributed by atoms with Gasteiger partial charge in [0.05, 0.1) is 6.61 Å². The molecule has 96 valence electrons. The number of hydrogen-bond acceptors (Lipinski definition) is 3. The minimum atomic E-state index is -0.503. The zero-order valence-electron chi connectivity index (χ0n) is 11.5. The van der Waals surface area contributed by atoms with E-state index in [1.807, 2.05) is 46.6 Å². The Labute approximate surface area is 99.3 Å². The van der Waals surface area contributed by atoms with Crippen molar-refractivity contribution in [3.05, 3.63) is 0 Å². The van der Waals surface area contributed by atoms with Crippen LogP contribution >= 0.6 is 0 Å². The molecule has 1 aliphatic rings. The van der Waals surface area contributed by atoms with Gasteiger partial charge >= 0.3 is 0 Å². The maximum absolute atomic E-state index is 11.7. The van der Waals surface area contributed by atoms with E-state index in [1.165, 1.54) is 0 Å². The van der Waals surface area contributed by atoms with E-state index in [0.29, 0.717) is 6.61 Å². The first kappa shape index (κ1) is 15.4. The van der Waals surface area contributed by atoms with Crippen LogP contribution < -0.4 is 5.32 Å². The van der Waals surface area contributed by atoms with Crippen molar-refractivity contribution in [3.63, 3.8) is 0 Å². The van der Waals surface area contributed by atoms with Crippen molar-refractivity contribution in [1.82, 2.24) is 10.4 Å². The molecular weight excluding hydrogens is 204 g/mol. The van der Waals surface area contributed by atoms with E-state index in [9.17, 15) is 4.79 Å². The van der Waals surface area contributed by atoms with Crippen LogP contribution in [0.4, 0.5) is 0 Å². The molecule has 1 saturated heterocycles. The van der Waals surface area contributed by atoms with Gasteiger partial charge in [0.1, 0.15) is 11.7 Å². The maximum Gasteiger partial charge on any atom is 0.243 e. The summed E-state index contributed by atoms with van der Waals surface area (Å²) in [6.45, 7) is 12.5. The summed E-state index contributed by atoms with van der Waals surface area (Å²) in [5.41, 5.74) is -0.503. The highest BCUT2D eigenvalue weighted by Gasteiger charge is 2.48. The molecule has 0 aromatic heterocycles. The molecule has 2 atom stereocenters. The zero-order valence-corrected chi connectivity index (χ0v) is 11.5. The summed E-state index contributed by atoms with van der Waals surface area (Å²) in [4.78, 5) is 17.3. The van der Waals surface area contributed by atoms with E-state index in [2.05, 4.69) is 5.32 Å². The summed E-state index contributed by atoms with van der Waals surface area (Å²) in [6, 6.07) is 0. The van der Waals surface area contributed by atoms with Crippen molar-refractivity contribution in [2.24, 2.45) is 0 Å². The Morgan fingerprint density at radius 2 is 1.94 bits per heavy atom. The number of rotatable bonds is 4. The number of nitrogens with one attached hydrogen (secondary N) is 1. The van der Waals surface area contributed by atoms with Crippen LogP contribution in [0, 0.1) is 0 Å². The molecule has 1 fully saturated rings. The molecule has 0 aromatic rings. The fourth-order valence-corrected chi connectivity index (χ4v) is 1.77. The number of amides is 1. The lowest BCUT2D eigenvalue weighted by Crippen LogP contribution is -2.47. The Morgan fingerprint density at radius 1 is 1.38 bits per heavy atom. The topological polar surface area (TPSA) is 41.6 Å². The van der Waals surface area contributed by atoms with E-state index in [1.54, 1.807) is 0 Å². The lowest BCUT2D eigenvalue weighted by Gasteiger charge is -2.32. The molecule has 0 saturated carbocycles. The van der Waals surface area contributed by atoms with Crippen molar-refractivity contribution in [2.45, 2.75) is 66.1 Å². The van der Waals surface area contributed by atoms with E-state index in [0.717, 1.165) is 12.8 Å². The Hall–Kier alpha value is -0.610. The van der Waals surface area contributed by atoms with Crippen LogP contribution in [0.15, 0.2) is 0 Å². The van der Waals surface area contributed by atoms with Crippen LogP contribution in [0.5, 0.6) is 0 Å². The molecule has 1 aliphatic heterocycles. The van der Waals surface area contributed by atoms with Crippen LogP contribution in [0.3, 0.4) is 0 Å². The Kier molecular flexibility index (Phi) is 6.60. The Bertz CT molecular complexity index is 221. The number of hydrogen-bond donors (Lipinski definition) is 1. The summed E-state index contributed by atoms with van der Waals surface area (Å²) in [7, 11) is 0. The highest BCUT2D eigenvalue weighted by Crippen LogP contribution is 2.28. The predicted molar refractivity (Wildman–Crippen MR) is 65.7 cm³/mol. The third-order valence-corrected chi connectivity index (χ3v) is 2.90. The number of nitrogens with zero attached hydrogens (tertiary/aromatic N) is 1. The van der Waals surface area contributed by atoms with Gasteiger partial charge in [0.2, 0.25) is 5.91 Å². The van der Waals surface area contributed by atoms with Crippen molar-refractivity contribution in [3.8, 4) is 0 Å². The number of carbonyl (C=O) groups is 1.